The Bertz CT molecular complexity index is 1130. The number of ether oxygens (including phenoxy) is 1. The summed E-state index contributed by atoms with van der Waals surface area (Å²) in [5, 5.41) is 10.9. The monoisotopic (exact) mass is 434 g/mol. The first-order chi connectivity index (χ1) is 15.3. The third-order valence-corrected chi connectivity index (χ3v) is 5.81. The van der Waals surface area contributed by atoms with E-state index in [2.05, 4.69) is 0 Å². The molecule has 0 saturated carbocycles. The molecule has 1 aliphatic rings. The topological polar surface area (TPSA) is 71.8 Å². The molecule has 168 valence electrons. The molecule has 32 heavy (non-hydrogen) atoms. The smallest absolute Gasteiger partial charge is 0.419 e. The molecule has 1 N–H and O–H groups in total. The van der Waals surface area contributed by atoms with E-state index >= 15 is 0 Å². The highest BCUT2D eigenvalue weighted by Gasteiger charge is 2.37. The van der Waals surface area contributed by atoms with E-state index in [1.54, 1.807) is 4.57 Å². The lowest BCUT2D eigenvalue weighted by Crippen LogP contribution is -2.43. The Hall–Kier alpha value is -3.12. The van der Waals surface area contributed by atoms with Crippen molar-refractivity contribution in [3.63, 3.8) is 0 Å². The van der Waals surface area contributed by atoms with Crippen molar-refractivity contribution in [3.05, 3.63) is 71.4 Å². The normalized spacial score (nSPS) is 16.1. The Balaban J connectivity index is 1.79. The first-order valence-electron chi connectivity index (χ1n) is 11.1. The van der Waals surface area contributed by atoms with Crippen LogP contribution in [0.2, 0.25) is 0 Å². The summed E-state index contributed by atoms with van der Waals surface area (Å²) in [4.78, 5) is 28.4. The maximum Gasteiger partial charge on any atom is 0.419 e. The average Bonchev–Trinajstić information content (AvgIpc) is 3.09. The second kappa shape index (κ2) is 8.79. The van der Waals surface area contributed by atoms with Gasteiger partial charge >= 0.3 is 6.09 Å². The van der Waals surface area contributed by atoms with Gasteiger partial charge in [-0.25, -0.2) is 9.36 Å². The highest BCUT2D eigenvalue weighted by atomic mass is 16.6. The molecule has 0 aliphatic carbocycles. The van der Waals surface area contributed by atoms with E-state index in [9.17, 15) is 14.7 Å². The number of carbonyl (C=O) groups excluding carboxylic acids is 2. The number of hydrogen-bond acceptors (Lipinski definition) is 4. The number of aromatic nitrogens is 1. The molecule has 1 atom stereocenters. The van der Waals surface area contributed by atoms with Crippen molar-refractivity contribution in [1.29, 1.82) is 0 Å². The lowest BCUT2D eigenvalue weighted by Gasteiger charge is -2.37. The number of carbonyl (C=O) groups is 2. The van der Waals surface area contributed by atoms with Crippen LogP contribution in [0.15, 0.2) is 54.6 Å². The van der Waals surface area contributed by atoms with Gasteiger partial charge in [0.2, 0.25) is 5.91 Å². The minimum absolute atomic E-state index is 0.0127. The van der Waals surface area contributed by atoms with Crippen LogP contribution in [-0.4, -0.2) is 45.3 Å². The van der Waals surface area contributed by atoms with E-state index in [-0.39, 0.29) is 18.9 Å². The number of para-hydroxylation sites is 1. The van der Waals surface area contributed by atoms with E-state index in [1.165, 1.54) is 0 Å². The van der Waals surface area contributed by atoms with Crippen molar-refractivity contribution in [2.45, 2.75) is 51.7 Å². The van der Waals surface area contributed by atoms with Crippen molar-refractivity contribution in [3.8, 4) is 0 Å². The maximum atomic E-state index is 13.3. The van der Waals surface area contributed by atoms with E-state index in [1.807, 2.05) is 80.3 Å². The highest BCUT2D eigenvalue weighted by Crippen LogP contribution is 2.39. The summed E-state index contributed by atoms with van der Waals surface area (Å²) in [5.74, 6) is -0.0127. The predicted octanol–water partition coefficient (Wildman–Crippen LogP) is 4.48. The van der Waals surface area contributed by atoms with Gasteiger partial charge in [-0.1, -0.05) is 48.5 Å². The van der Waals surface area contributed by atoms with E-state index in [4.69, 9.17) is 4.74 Å². The zero-order chi connectivity index (χ0) is 22.9. The largest absolute Gasteiger partial charge is 0.443 e. The average molecular weight is 435 g/mol. The molecule has 1 aromatic heterocycles. The van der Waals surface area contributed by atoms with Crippen molar-refractivity contribution in [1.82, 2.24) is 9.47 Å². The number of aliphatic hydroxyl groups is 1. The Morgan fingerprint density at radius 1 is 1.06 bits per heavy atom. The number of amides is 1. The second-order valence-corrected chi connectivity index (χ2v) is 9.22. The van der Waals surface area contributed by atoms with Crippen LogP contribution in [0.5, 0.6) is 0 Å². The SMILES string of the molecule is CC(C)(C)OC(=O)n1c2c(c3ccccc31)CCN(C(=O)Cc1ccccc1)C2CCO. The molecule has 1 unspecified atom stereocenters. The molecule has 1 aliphatic heterocycles. The van der Waals surface area contributed by atoms with Crippen LogP contribution in [0.25, 0.3) is 10.9 Å². The van der Waals surface area contributed by atoms with Crippen LogP contribution in [-0.2, 0) is 22.4 Å². The molecular formula is C26H30N2O4. The standard InChI is InChI=1S/C26H30N2O4/c1-26(2,3)32-25(31)28-21-12-8-7-11-19(21)20-13-15-27(22(14-16-29)24(20)28)23(30)17-18-9-5-4-6-10-18/h4-12,22,29H,13-17H2,1-3H3. The molecule has 2 aromatic carbocycles. The van der Waals surface area contributed by atoms with Crippen molar-refractivity contribution >= 4 is 22.9 Å². The molecule has 6 heteroatoms. The zero-order valence-electron chi connectivity index (χ0n) is 18.9. The van der Waals surface area contributed by atoms with Gasteiger partial charge in [-0.3, -0.25) is 4.79 Å². The summed E-state index contributed by atoms with van der Waals surface area (Å²) in [7, 11) is 0. The first-order valence-corrected chi connectivity index (χ1v) is 11.1. The number of fused-ring (bicyclic) bond motifs is 3. The summed E-state index contributed by atoms with van der Waals surface area (Å²) in [6.07, 6.45) is 0.821. The van der Waals surface area contributed by atoms with Gasteiger partial charge in [-0.05, 0) is 50.8 Å². The maximum absolute atomic E-state index is 13.3. The van der Waals surface area contributed by atoms with Crippen LogP contribution in [0, 0.1) is 0 Å². The molecule has 6 nitrogen and oxygen atoms in total. The Kier molecular flexibility index (Phi) is 6.07. The van der Waals surface area contributed by atoms with Crippen LogP contribution < -0.4 is 0 Å². The predicted molar refractivity (Wildman–Crippen MR) is 124 cm³/mol. The van der Waals surface area contributed by atoms with Gasteiger partial charge in [0, 0.05) is 18.5 Å². The number of rotatable bonds is 4. The number of benzene rings is 2. The number of aliphatic hydroxyl groups excluding tert-OH is 1. The Morgan fingerprint density at radius 3 is 2.44 bits per heavy atom. The Labute approximate surface area is 188 Å². The van der Waals surface area contributed by atoms with E-state index in [0.717, 1.165) is 27.7 Å². The minimum Gasteiger partial charge on any atom is -0.443 e. The molecule has 0 fully saturated rings. The summed E-state index contributed by atoms with van der Waals surface area (Å²) in [6, 6.07) is 17.0. The van der Waals surface area contributed by atoms with Gasteiger partial charge < -0.3 is 14.7 Å². The zero-order valence-corrected chi connectivity index (χ0v) is 18.9. The fourth-order valence-electron chi connectivity index (χ4n) is 4.56. The molecule has 3 aromatic rings. The third-order valence-electron chi connectivity index (χ3n) is 5.81. The van der Waals surface area contributed by atoms with E-state index in [0.29, 0.717) is 19.4 Å². The van der Waals surface area contributed by atoms with Gasteiger partial charge in [0.1, 0.15) is 5.60 Å². The summed E-state index contributed by atoms with van der Waals surface area (Å²) in [6.45, 7) is 5.97. The fourth-order valence-corrected chi connectivity index (χ4v) is 4.56. The third kappa shape index (κ3) is 4.28. The number of nitrogens with zero attached hydrogens (tertiary/aromatic N) is 2. The molecule has 0 radical (unpaired) electrons. The summed E-state index contributed by atoms with van der Waals surface area (Å²) < 4.78 is 7.34. The molecule has 2 heterocycles. The van der Waals surface area contributed by atoms with Gasteiger partial charge in [0.25, 0.3) is 0 Å². The highest BCUT2D eigenvalue weighted by molar-refractivity contribution is 5.94. The fraction of sp³-hybridized carbons (Fsp3) is 0.385. The minimum atomic E-state index is -0.653. The van der Waals surface area contributed by atoms with Crippen molar-refractivity contribution < 1.29 is 19.4 Å². The first kappa shape index (κ1) is 22.1. The van der Waals surface area contributed by atoms with Gasteiger partial charge in [-0.15, -0.1) is 0 Å². The van der Waals surface area contributed by atoms with Crippen LogP contribution in [0.3, 0.4) is 0 Å². The second-order valence-electron chi connectivity index (χ2n) is 9.22. The molecular weight excluding hydrogens is 404 g/mol. The molecule has 0 saturated heterocycles. The summed E-state index contributed by atoms with van der Waals surface area (Å²) in [5.41, 5.74) is 2.86. The van der Waals surface area contributed by atoms with Crippen LogP contribution in [0.1, 0.15) is 50.1 Å². The molecule has 0 bridgehead atoms. The quantitative estimate of drug-likeness (QED) is 0.657. The van der Waals surface area contributed by atoms with Crippen LogP contribution >= 0.6 is 0 Å². The van der Waals surface area contributed by atoms with Crippen molar-refractivity contribution in [2.75, 3.05) is 13.2 Å². The number of hydrogen-bond donors (Lipinski definition) is 1. The molecule has 1 amide bonds. The van der Waals surface area contributed by atoms with Crippen molar-refractivity contribution in [2.24, 2.45) is 0 Å². The van der Waals surface area contributed by atoms with Gasteiger partial charge in [-0.2, -0.15) is 0 Å². The molecule has 4 rings (SSSR count). The van der Waals surface area contributed by atoms with E-state index < -0.39 is 17.7 Å². The summed E-state index contributed by atoms with van der Waals surface area (Å²) >= 11 is 0. The van der Waals surface area contributed by atoms with Gasteiger partial charge in [0.05, 0.1) is 23.7 Å². The lowest BCUT2D eigenvalue weighted by atomic mass is 9.94. The lowest BCUT2D eigenvalue weighted by molar-refractivity contribution is -0.133. The Morgan fingerprint density at radius 2 is 1.75 bits per heavy atom. The molecule has 0 spiro atoms. The van der Waals surface area contributed by atoms with Crippen LogP contribution in [0.4, 0.5) is 4.79 Å². The van der Waals surface area contributed by atoms with Gasteiger partial charge in [0.15, 0.2) is 0 Å².